The van der Waals surface area contributed by atoms with Crippen LogP contribution in [0.2, 0.25) is 10.0 Å². The zero-order chi connectivity index (χ0) is 15.6. The van der Waals surface area contributed by atoms with E-state index in [0.717, 1.165) is 6.07 Å². The maximum atomic E-state index is 12.9. The third-order valence-corrected chi connectivity index (χ3v) is 2.95. The Bertz CT molecular complexity index is 639. The fraction of sp³-hybridized carbons (Fsp3) is 0.231. The Kier molecular flexibility index (Phi) is 4.58. The second kappa shape index (κ2) is 6.07. The van der Waals surface area contributed by atoms with Crippen molar-refractivity contribution in [2.24, 2.45) is 0 Å². The van der Waals surface area contributed by atoms with E-state index in [2.05, 4.69) is 15.3 Å². The zero-order valence-corrected chi connectivity index (χ0v) is 12.3. The van der Waals surface area contributed by atoms with Crippen molar-refractivity contribution in [1.82, 2.24) is 9.97 Å². The summed E-state index contributed by atoms with van der Waals surface area (Å²) in [6.45, 7) is 2.14. The van der Waals surface area contributed by atoms with Crippen molar-refractivity contribution in [2.45, 2.75) is 13.1 Å². The van der Waals surface area contributed by atoms with Crippen LogP contribution in [0.25, 0.3) is 11.3 Å². The summed E-state index contributed by atoms with van der Waals surface area (Å²) in [5.41, 5.74) is -0.545. The van der Waals surface area contributed by atoms with Crippen LogP contribution in [-0.4, -0.2) is 16.5 Å². The highest BCUT2D eigenvalue weighted by atomic mass is 35.5. The number of hydrogen-bond donors (Lipinski definition) is 1. The van der Waals surface area contributed by atoms with Gasteiger partial charge in [-0.25, -0.2) is 9.97 Å². The molecule has 8 heteroatoms. The van der Waals surface area contributed by atoms with Crippen molar-refractivity contribution in [3.05, 3.63) is 40.0 Å². The molecule has 1 heterocycles. The number of nitrogens with one attached hydrogen (secondary N) is 1. The van der Waals surface area contributed by atoms with Crippen LogP contribution in [0.3, 0.4) is 0 Å². The smallest absolute Gasteiger partial charge is 0.354 e. The van der Waals surface area contributed by atoms with Gasteiger partial charge in [0.05, 0.1) is 5.69 Å². The minimum atomic E-state index is -4.57. The topological polar surface area (TPSA) is 37.8 Å². The van der Waals surface area contributed by atoms with Crippen molar-refractivity contribution in [2.75, 3.05) is 11.9 Å². The Hall–Kier alpha value is -1.53. The van der Waals surface area contributed by atoms with E-state index in [1.165, 1.54) is 18.2 Å². The second-order valence-corrected chi connectivity index (χ2v) is 5.02. The highest BCUT2D eigenvalue weighted by Gasteiger charge is 2.33. The summed E-state index contributed by atoms with van der Waals surface area (Å²) in [4.78, 5) is 7.50. The molecule has 0 atom stereocenters. The highest BCUT2D eigenvalue weighted by Crippen LogP contribution is 2.32. The second-order valence-electron chi connectivity index (χ2n) is 4.15. The highest BCUT2D eigenvalue weighted by molar-refractivity contribution is 6.35. The lowest BCUT2D eigenvalue weighted by Gasteiger charge is -2.11. The molecule has 2 rings (SSSR count). The molecule has 0 radical (unpaired) electrons. The van der Waals surface area contributed by atoms with Gasteiger partial charge in [0.1, 0.15) is 0 Å². The Balaban J connectivity index is 2.59. The molecule has 112 valence electrons. The lowest BCUT2D eigenvalue weighted by Crippen LogP contribution is -2.12. The molecular weight excluding hydrogens is 326 g/mol. The Labute approximate surface area is 129 Å². The molecule has 0 saturated carbocycles. The summed E-state index contributed by atoms with van der Waals surface area (Å²) in [7, 11) is 0. The lowest BCUT2D eigenvalue weighted by atomic mass is 10.1. The Morgan fingerprint density at radius 3 is 2.19 bits per heavy atom. The quantitative estimate of drug-likeness (QED) is 0.866. The van der Waals surface area contributed by atoms with Crippen LogP contribution in [0.1, 0.15) is 12.6 Å². The molecule has 0 bridgehead atoms. The maximum absolute atomic E-state index is 12.9. The van der Waals surface area contributed by atoms with Crippen LogP contribution in [-0.2, 0) is 6.18 Å². The maximum Gasteiger partial charge on any atom is 0.433 e. The summed E-state index contributed by atoms with van der Waals surface area (Å²) in [6, 6.07) is 5.34. The van der Waals surface area contributed by atoms with Crippen molar-refractivity contribution in [3.8, 4) is 11.3 Å². The molecule has 0 spiro atoms. The first-order valence-electron chi connectivity index (χ1n) is 5.96. The Morgan fingerprint density at radius 1 is 1.05 bits per heavy atom. The summed E-state index contributed by atoms with van der Waals surface area (Å²) < 4.78 is 38.7. The van der Waals surface area contributed by atoms with Crippen molar-refractivity contribution >= 4 is 29.2 Å². The van der Waals surface area contributed by atoms with E-state index in [4.69, 9.17) is 23.2 Å². The molecule has 2 aromatic rings. The predicted molar refractivity (Wildman–Crippen MR) is 76.7 cm³/mol. The first kappa shape index (κ1) is 15.9. The van der Waals surface area contributed by atoms with Gasteiger partial charge in [0.15, 0.2) is 5.69 Å². The predicted octanol–water partition coefficient (Wildman–Crippen LogP) is 4.90. The zero-order valence-electron chi connectivity index (χ0n) is 10.8. The Morgan fingerprint density at radius 2 is 1.67 bits per heavy atom. The molecule has 3 nitrogen and oxygen atoms in total. The first-order chi connectivity index (χ1) is 9.79. The van der Waals surface area contributed by atoms with E-state index in [0.29, 0.717) is 22.2 Å². The van der Waals surface area contributed by atoms with Crippen LogP contribution in [0.5, 0.6) is 0 Å². The number of benzene rings is 1. The molecular formula is C13H10Cl2F3N3. The van der Waals surface area contributed by atoms with E-state index in [-0.39, 0.29) is 11.6 Å². The van der Waals surface area contributed by atoms with Crippen LogP contribution < -0.4 is 5.32 Å². The monoisotopic (exact) mass is 335 g/mol. The first-order valence-corrected chi connectivity index (χ1v) is 6.72. The van der Waals surface area contributed by atoms with Gasteiger partial charge < -0.3 is 5.32 Å². The van der Waals surface area contributed by atoms with Crippen molar-refractivity contribution in [1.29, 1.82) is 0 Å². The number of anilines is 1. The summed E-state index contributed by atoms with van der Waals surface area (Å²) in [5.74, 6) is -0.0987. The molecule has 0 unspecified atom stereocenters. The van der Waals surface area contributed by atoms with Gasteiger partial charge in [0.25, 0.3) is 0 Å². The molecule has 0 saturated heterocycles. The fourth-order valence-electron chi connectivity index (χ4n) is 1.68. The number of alkyl halides is 3. The molecule has 0 fully saturated rings. The largest absolute Gasteiger partial charge is 0.433 e. The molecule has 0 aliphatic heterocycles. The number of rotatable bonds is 3. The van der Waals surface area contributed by atoms with Crippen LogP contribution in [0, 0.1) is 0 Å². The van der Waals surface area contributed by atoms with Crippen molar-refractivity contribution < 1.29 is 13.2 Å². The molecule has 0 aliphatic carbocycles. The third kappa shape index (κ3) is 3.98. The van der Waals surface area contributed by atoms with Crippen LogP contribution in [0.15, 0.2) is 24.3 Å². The van der Waals surface area contributed by atoms with E-state index >= 15 is 0 Å². The van der Waals surface area contributed by atoms with E-state index < -0.39 is 11.9 Å². The summed E-state index contributed by atoms with van der Waals surface area (Å²) in [6.07, 6.45) is -4.57. The van der Waals surface area contributed by atoms with Crippen molar-refractivity contribution in [3.63, 3.8) is 0 Å². The average Bonchev–Trinajstić information content (AvgIpc) is 2.36. The van der Waals surface area contributed by atoms with Gasteiger partial charge in [-0.3, -0.25) is 0 Å². The molecule has 1 N–H and O–H groups in total. The van der Waals surface area contributed by atoms with Gasteiger partial charge in [-0.15, -0.1) is 0 Å². The summed E-state index contributed by atoms with van der Waals surface area (Å²) >= 11 is 11.7. The number of hydrogen-bond acceptors (Lipinski definition) is 3. The van der Waals surface area contributed by atoms with E-state index in [1.54, 1.807) is 6.92 Å². The minimum Gasteiger partial charge on any atom is -0.354 e. The van der Waals surface area contributed by atoms with Gasteiger partial charge in [0.2, 0.25) is 5.95 Å². The van der Waals surface area contributed by atoms with Gasteiger partial charge >= 0.3 is 6.18 Å². The fourth-order valence-corrected chi connectivity index (χ4v) is 2.21. The van der Waals surface area contributed by atoms with Gasteiger partial charge in [-0.05, 0) is 31.2 Å². The molecule has 0 amide bonds. The van der Waals surface area contributed by atoms with Gasteiger partial charge in [-0.1, -0.05) is 23.2 Å². The molecule has 1 aromatic carbocycles. The lowest BCUT2D eigenvalue weighted by molar-refractivity contribution is -0.141. The molecule has 1 aromatic heterocycles. The minimum absolute atomic E-state index is 0.0951. The van der Waals surface area contributed by atoms with E-state index in [9.17, 15) is 13.2 Å². The van der Waals surface area contributed by atoms with Crippen LogP contribution >= 0.6 is 23.2 Å². The average molecular weight is 336 g/mol. The standard InChI is InChI=1S/C13H10Cl2F3N3/c1-2-19-12-20-10(6-11(21-12)13(16,17)18)7-3-8(14)5-9(15)4-7/h3-6H,2H2,1H3,(H,19,20,21). The molecule has 0 aliphatic rings. The van der Waals surface area contributed by atoms with Gasteiger partial charge in [-0.2, -0.15) is 13.2 Å². The third-order valence-electron chi connectivity index (χ3n) is 2.51. The van der Waals surface area contributed by atoms with Crippen LogP contribution in [0.4, 0.5) is 19.1 Å². The number of aromatic nitrogens is 2. The van der Waals surface area contributed by atoms with Gasteiger partial charge in [0, 0.05) is 22.2 Å². The summed E-state index contributed by atoms with van der Waals surface area (Å²) in [5, 5.41) is 3.30. The normalized spacial score (nSPS) is 11.5. The molecule has 21 heavy (non-hydrogen) atoms. The number of halogens is 5. The number of nitrogens with zero attached hydrogens (tertiary/aromatic N) is 2. The van der Waals surface area contributed by atoms with E-state index in [1.807, 2.05) is 0 Å². The SMILES string of the molecule is CCNc1nc(-c2cc(Cl)cc(Cl)c2)cc(C(F)(F)F)n1.